The Labute approximate surface area is 240 Å². The average molecular weight is 560 g/mol. The number of benzene rings is 1. The molecule has 0 bridgehead atoms. The Kier molecular flexibility index (Phi) is 8.56. The highest BCUT2D eigenvalue weighted by Gasteiger charge is 2.49. The molecular formula is C30H37N7O2S. The number of hydrogen-bond acceptors (Lipinski definition) is 8. The molecule has 0 radical (unpaired) electrons. The molecule has 3 atom stereocenters. The van der Waals surface area contributed by atoms with E-state index in [1.807, 2.05) is 36.0 Å². The van der Waals surface area contributed by atoms with Crippen LogP contribution in [0.3, 0.4) is 0 Å². The van der Waals surface area contributed by atoms with Crippen molar-refractivity contribution in [1.29, 1.82) is 0 Å². The Morgan fingerprint density at radius 1 is 1.20 bits per heavy atom. The number of thioether (sulfide) groups is 1. The van der Waals surface area contributed by atoms with Crippen molar-refractivity contribution in [3.8, 4) is 11.4 Å². The van der Waals surface area contributed by atoms with Gasteiger partial charge in [0.25, 0.3) is 0 Å². The maximum absolute atomic E-state index is 12.4. The van der Waals surface area contributed by atoms with Gasteiger partial charge in [-0.15, -0.1) is 11.8 Å². The van der Waals surface area contributed by atoms with Crippen LogP contribution in [0.5, 0.6) is 0 Å². The molecule has 2 unspecified atom stereocenters. The minimum Gasteiger partial charge on any atom is -0.403 e. The summed E-state index contributed by atoms with van der Waals surface area (Å²) in [5, 5.41) is 5.91. The van der Waals surface area contributed by atoms with Crippen LogP contribution in [-0.4, -0.2) is 60.3 Å². The highest BCUT2D eigenvalue weighted by molar-refractivity contribution is 8.01. The minimum atomic E-state index is -0.403. The van der Waals surface area contributed by atoms with E-state index < -0.39 is 6.03 Å². The van der Waals surface area contributed by atoms with Crippen LogP contribution in [0.15, 0.2) is 71.5 Å². The molecule has 10 heteroatoms. The predicted octanol–water partition coefficient (Wildman–Crippen LogP) is 4.84. The van der Waals surface area contributed by atoms with Gasteiger partial charge in [0.2, 0.25) is 0 Å². The van der Waals surface area contributed by atoms with Gasteiger partial charge in [-0.2, -0.15) is 0 Å². The van der Waals surface area contributed by atoms with Crippen molar-refractivity contribution in [3.05, 3.63) is 72.2 Å². The summed E-state index contributed by atoms with van der Waals surface area (Å²) in [6.07, 6.45) is 13.9. The molecule has 2 aliphatic carbocycles. The van der Waals surface area contributed by atoms with E-state index in [0.717, 1.165) is 36.5 Å². The van der Waals surface area contributed by atoms with Crippen molar-refractivity contribution in [2.45, 2.75) is 42.7 Å². The van der Waals surface area contributed by atoms with E-state index >= 15 is 0 Å². The van der Waals surface area contributed by atoms with Gasteiger partial charge in [-0.3, -0.25) is 4.99 Å². The minimum absolute atomic E-state index is 0.00793. The quantitative estimate of drug-likeness (QED) is 0.396. The number of ether oxygens (including phenoxy) is 1. The van der Waals surface area contributed by atoms with Crippen molar-refractivity contribution in [2.75, 3.05) is 37.0 Å². The zero-order valence-electron chi connectivity index (χ0n) is 23.2. The number of morpholine rings is 1. The number of hydrogen-bond donors (Lipinski definition) is 3. The van der Waals surface area contributed by atoms with Gasteiger partial charge < -0.3 is 26.0 Å². The Balaban J connectivity index is 1.41. The summed E-state index contributed by atoms with van der Waals surface area (Å²) in [6.45, 7) is 6.61. The lowest BCUT2D eigenvalue weighted by atomic mass is 10.0. The largest absolute Gasteiger partial charge is 0.403 e. The zero-order valence-corrected chi connectivity index (χ0v) is 24.0. The van der Waals surface area contributed by atoms with Gasteiger partial charge in [-0.1, -0.05) is 31.2 Å². The molecule has 210 valence electrons. The number of nitrogens with two attached hydrogens (primary N) is 1. The number of anilines is 2. The average Bonchev–Trinajstić information content (AvgIpc) is 3.75. The Morgan fingerprint density at radius 3 is 2.65 bits per heavy atom. The van der Waals surface area contributed by atoms with Crippen LogP contribution in [0.2, 0.25) is 0 Å². The predicted molar refractivity (Wildman–Crippen MR) is 164 cm³/mol. The Bertz CT molecular complexity index is 1330. The molecule has 3 aliphatic rings. The molecule has 1 saturated heterocycles. The lowest BCUT2D eigenvalue weighted by Gasteiger charge is -2.35. The van der Waals surface area contributed by atoms with Crippen LogP contribution in [-0.2, 0) is 9.48 Å². The molecule has 2 heterocycles. The number of allylic oxidation sites excluding steroid dienone is 4. The van der Waals surface area contributed by atoms with Gasteiger partial charge >= 0.3 is 6.03 Å². The molecule has 4 N–H and O–H groups in total. The SMILES string of the molecule is CN=CC(=CN)NC(=O)Nc1ccc(-c2nc(N3CCOC[C@@H]3C)cc(C3(SC4C=CC=CC4C)CC3)n2)cc1. The van der Waals surface area contributed by atoms with E-state index in [2.05, 4.69) is 64.7 Å². The lowest BCUT2D eigenvalue weighted by Crippen LogP contribution is -2.44. The standard InChI is InChI=1S/C30H37N7O2S/c1-20-6-4-5-7-25(20)40-30(12-13-30)26-16-27(37-14-15-39-19-21(37)2)36-28(35-26)22-8-10-23(11-9-22)33-29(38)34-24(17-31)18-32-3/h4-11,16-18,20-21,25H,12-15,19,31H2,1-3H3,(H2,33,34,38)/t20?,21-,25?/m0/s1. The number of nitrogens with one attached hydrogen (secondary N) is 2. The first-order valence-corrected chi connectivity index (χ1v) is 14.6. The van der Waals surface area contributed by atoms with Crippen molar-refractivity contribution in [3.63, 3.8) is 0 Å². The maximum Gasteiger partial charge on any atom is 0.323 e. The second kappa shape index (κ2) is 12.3. The molecule has 1 aromatic heterocycles. The summed E-state index contributed by atoms with van der Waals surface area (Å²) < 4.78 is 5.69. The number of aromatic nitrogens is 2. The van der Waals surface area contributed by atoms with E-state index in [4.69, 9.17) is 20.4 Å². The number of aliphatic imine (C=N–C) groups is 1. The van der Waals surface area contributed by atoms with Crippen LogP contribution < -0.4 is 21.3 Å². The van der Waals surface area contributed by atoms with Gasteiger partial charge in [0.1, 0.15) is 5.82 Å². The van der Waals surface area contributed by atoms with E-state index in [9.17, 15) is 4.79 Å². The van der Waals surface area contributed by atoms with Gasteiger partial charge in [-0.05, 0) is 49.9 Å². The molecule has 1 aromatic carbocycles. The third-order valence-corrected chi connectivity index (χ3v) is 9.29. The number of carbonyl (C=O) groups excluding carboxylic acids is 1. The van der Waals surface area contributed by atoms with E-state index in [1.165, 1.54) is 12.4 Å². The number of carbonyl (C=O) groups is 1. The first kappa shape index (κ1) is 27.9. The fourth-order valence-electron chi connectivity index (χ4n) is 4.92. The van der Waals surface area contributed by atoms with Crippen molar-refractivity contribution < 1.29 is 9.53 Å². The van der Waals surface area contributed by atoms with E-state index in [0.29, 0.717) is 41.6 Å². The highest BCUT2D eigenvalue weighted by atomic mass is 32.2. The summed E-state index contributed by atoms with van der Waals surface area (Å²) in [6, 6.07) is 9.61. The van der Waals surface area contributed by atoms with Crippen LogP contribution in [0.1, 0.15) is 32.4 Å². The van der Waals surface area contributed by atoms with E-state index in [-0.39, 0.29) is 10.8 Å². The Morgan fingerprint density at radius 2 is 1.98 bits per heavy atom. The fourth-order valence-corrected chi connectivity index (χ4v) is 6.48. The molecule has 40 heavy (non-hydrogen) atoms. The summed E-state index contributed by atoms with van der Waals surface area (Å²) in [5.74, 6) is 2.11. The third kappa shape index (κ3) is 6.39. The molecule has 0 spiro atoms. The third-order valence-electron chi connectivity index (χ3n) is 7.36. The van der Waals surface area contributed by atoms with Crippen LogP contribution in [0.25, 0.3) is 11.4 Å². The van der Waals surface area contributed by atoms with Gasteiger partial charge in [-0.25, -0.2) is 14.8 Å². The normalized spacial score (nSPS) is 23.8. The molecule has 5 rings (SSSR count). The first-order chi connectivity index (χ1) is 19.4. The first-order valence-electron chi connectivity index (χ1n) is 13.7. The molecule has 2 amide bonds. The molecule has 2 fully saturated rings. The van der Waals surface area contributed by atoms with Crippen molar-refractivity contribution >= 4 is 35.5 Å². The fraction of sp³-hybridized carbons (Fsp3) is 0.400. The Hall–Kier alpha value is -3.63. The summed E-state index contributed by atoms with van der Waals surface area (Å²) in [4.78, 5) is 28.8. The number of urea groups is 1. The van der Waals surface area contributed by atoms with Crippen LogP contribution in [0.4, 0.5) is 16.3 Å². The van der Waals surface area contributed by atoms with Crippen LogP contribution in [0, 0.1) is 5.92 Å². The zero-order chi connectivity index (χ0) is 28.1. The van der Waals surface area contributed by atoms with Gasteiger partial charge in [0.05, 0.1) is 35.4 Å². The van der Waals surface area contributed by atoms with Gasteiger partial charge in [0.15, 0.2) is 5.82 Å². The monoisotopic (exact) mass is 559 g/mol. The number of amides is 2. The molecule has 2 aromatic rings. The van der Waals surface area contributed by atoms with E-state index in [1.54, 1.807) is 7.05 Å². The van der Waals surface area contributed by atoms with Crippen molar-refractivity contribution in [2.24, 2.45) is 16.6 Å². The maximum atomic E-state index is 12.4. The number of rotatable bonds is 8. The molecule has 1 saturated carbocycles. The van der Waals surface area contributed by atoms with Crippen LogP contribution >= 0.6 is 11.8 Å². The summed E-state index contributed by atoms with van der Waals surface area (Å²) in [7, 11) is 1.61. The molecule has 1 aliphatic heterocycles. The summed E-state index contributed by atoms with van der Waals surface area (Å²) in [5.41, 5.74) is 8.57. The smallest absolute Gasteiger partial charge is 0.323 e. The number of nitrogens with zero attached hydrogens (tertiary/aromatic N) is 4. The highest BCUT2D eigenvalue weighted by Crippen LogP contribution is 2.59. The topological polar surface area (TPSA) is 118 Å². The summed E-state index contributed by atoms with van der Waals surface area (Å²) >= 11 is 2.03. The lowest BCUT2D eigenvalue weighted by molar-refractivity contribution is 0.0985. The second-order valence-corrected chi connectivity index (χ2v) is 12.0. The molecule has 9 nitrogen and oxygen atoms in total. The van der Waals surface area contributed by atoms with Crippen molar-refractivity contribution in [1.82, 2.24) is 15.3 Å². The van der Waals surface area contributed by atoms with Gasteiger partial charge in [0, 0.05) is 48.6 Å². The molecular weight excluding hydrogens is 522 g/mol. The second-order valence-electron chi connectivity index (χ2n) is 10.4.